The zero-order valence-electron chi connectivity index (χ0n) is 12.1. The van der Waals surface area contributed by atoms with Gasteiger partial charge in [-0.2, -0.15) is 0 Å². The van der Waals surface area contributed by atoms with Crippen molar-refractivity contribution >= 4 is 16.8 Å². The van der Waals surface area contributed by atoms with E-state index in [1.165, 1.54) is 17.4 Å². The number of carbonyl (C=O) groups is 1. The van der Waals surface area contributed by atoms with Crippen LogP contribution in [-0.2, 0) is 11.2 Å². The van der Waals surface area contributed by atoms with Crippen LogP contribution in [0.15, 0.2) is 24.4 Å². The number of fused-ring (bicyclic) bond motifs is 1. The maximum Gasteiger partial charge on any atom is 0.224 e. The van der Waals surface area contributed by atoms with Gasteiger partial charge in [-0.1, -0.05) is 6.07 Å². The Hall–Kier alpha value is -1.81. The molecule has 1 atom stereocenters. The Morgan fingerprint density at radius 3 is 3.05 bits per heavy atom. The molecular weight excluding hydrogens is 250 g/mol. The van der Waals surface area contributed by atoms with Crippen molar-refractivity contribution in [2.75, 3.05) is 27.2 Å². The first kappa shape index (κ1) is 13.2. The normalized spacial score (nSPS) is 19.6. The second-order valence-corrected chi connectivity index (χ2v) is 5.72. The Morgan fingerprint density at radius 2 is 2.35 bits per heavy atom. The van der Waals surface area contributed by atoms with E-state index in [4.69, 9.17) is 0 Å². The fourth-order valence-corrected chi connectivity index (χ4v) is 3.10. The van der Waals surface area contributed by atoms with Crippen molar-refractivity contribution in [3.05, 3.63) is 35.5 Å². The molecule has 1 amide bonds. The SMILES string of the molecule is CNC(=O)Cc1ccc2[nH]cc(C3CCN(C)C3)c2c1. The van der Waals surface area contributed by atoms with Crippen molar-refractivity contribution in [2.45, 2.75) is 18.8 Å². The standard InChI is InChI=1S/C16H21N3O/c1-17-16(20)8-11-3-4-15-13(7-11)14(9-18-15)12-5-6-19(2)10-12/h3-4,7,9,12,18H,5-6,8,10H2,1-2H3,(H,17,20). The fraction of sp³-hybridized carbons (Fsp3) is 0.438. The van der Waals surface area contributed by atoms with E-state index in [2.05, 4.69) is 40.6 Å². The van der Waals surface area contributed by atoms with Crippen LogP contribution in [0.25, 0.3) is 10.9 Å². The number of nitrogens with zero attached hydrogens (tertiary/aromatic N) is 1. The minimum Gasteiger partial charge on any atom is -0.361 e. The molecule has 4 nitrogen and oxygen atoms in total. The smallest absolute Gasteiger partial charge is 0.224 e. The van der Waals surface area contributed by atoms with Gasteiger partial charge in [-0.25, -0.2) is 0 Å². The van der Waals surface area contributed by atoms with E-state index in [1.807, 2.05) is 6.07 Å². The third-order valence-corrected chi connectivity index (χ3v) is 4.25. The predicted octanol–water partition coefficient (Wildman–Crippen LogP) is 1.88. The monoisotopic (exact) mass is 271 g/mol. The number of likely N-dealkylation sites (tertiary alicyclic amines) is 1. The van der Waals surface area contributed by atoms with Gasteiger partial charge in [-0.15, -0.1) is 0 Å². The first-order valence-corrected chi connectivity index (χ1v) is 7.16. The van der Waals surface area contributed by atoms with Crippen molar-refractivity contribution in [1.82, 2.24) is 15.2 Å². The molecule has 0 saturated carbocycles. The largest absolute Gasteiger partial charge is 0.361 e. The molecular formula is C16H21N3O. The van der Waals surface area contributed by atoms with Gasteiger partial charge in [0.05, 0.1) is 6.42 Å². The summed E-state index contributed by atoms with van der Waals surface area (Å²) in [4.78, 5) is 17.2. The van der Waals surface area contributed by atoms with Crippen LogP contribution in [0.3, 0.4) is 0 Å². The van der Waals surface area contributed by atoms with E-state index in [1.54, 1.807) is 7.05 Å². The summed E-state index contributed by atoms with van der Waals surface area (Å²) < 4.78 is 0. The highest BCUT2D eigenvalue weighted by molar-refractivity contribution is 5.86. The van der Waals surface area contributed by atoms with Crippen LogP contribution in [-0.4, -0.2) is 43.0 Å². The third-order valence-electron chi connectivity index (χ3n) is 4.25. The zero-order chi connectivity index (χ0) is 14.1. The molecule has 2 heterocycles. The van der Waals surface area contributed by atoms with Gasteiger partial charge in [0.25, 0.3) is 0 Å². The summed E-state index contributed by atoms with van der Waals surface area (Å²) in [5, 5.41) is 3.95. The highest BCUT2D eigenvalue weighted by Crippen LogP contribution is 2.32. The molecule has 0 aliphatic carbocycles. The summed E-state index contributed by atoms with van der Waals surface area (Å²) in [6.07, 6.45) is 3.79. The lowest BCUT2D eigenvalue weighted by atomic mass is 9.96. The van der Waals surface area contributed by atoms with Gasteiger partial charge < -0.3 is 15.2 Å². The van der Waals surface area contributed by atoms with Crippen LogP contribution in [0, 0.1) is 0 Å². The number of nitrogens with one attached hydrogen (secondary N) is 2. The maximum atomic E-state index is 11.5. The lowest BCUT2D eigenvalue weighted by Gasteiger charge is -2.10. The predicted molar refractivity (Wildman–Crippen MR) is 80.9 cm³/mol. The van der Waals surface area contributed by atoms with E-state index in [-0.39, 0.29) is 5.91 Å². The molecule has 0 bridgehead atoms. The van der Waals surface area contributed by atoms with Crippen molar-refractivity contribution in [3.63, 3.8) is 0 Å². The summed E-state index contributed by atoms with van der Waals surface area (Å²) in [5.74, 6) is 0.658. The fourth-order valence-electron chi connectivity index (χ4n) is 3.10. The second-order valence-electron chi connectivity index (χ2n) is 5.72. The zero-order valence-corrected chi connectivity index (χ0v) is 12.1. The topological polar surface area (TPSA) is 48.1 Å². The third kappa shape index (κ3) is 2.43. The number of likely N-dealkylation sites (N-methyl/N-ethyl adjacent to an activating group) is 2. The maximum absolute atomic E-state index is 11.5. The number of H-pyrrole nitrogens is 1. The Kier molecular flexibility index (Phi) is 3.49. The first-order valence-electron chi connectivity index (χ1n) is 7.16. The van der Waals surface area contributed by atoms with E-state index in [0.717, 1.165) is 24.2 Å². The lowest BCUT2D eigenvalue weighted by Crippen LogP contribution is -2.19. The molecule has 2 aromatic rings. The number of benzene rings is 1. The van der Waals surface area contributed by atoms with Crippen LogP contribution >= 0.6 is 0 Å². The lowest BCUT2D eigenvalue weighted by molar-refractivity contribution is -0.119. The Bertz CT molecular complexity index is 632. The first-order chi connectivity index (χ1) is 9.67. The van der Waals surface area contributed by atoms with Crippen molar-refractivity contribution < 1.29 is 4.79 Å². The molecule has 0 spiro atoms. The summed E-state index contributed by atoms with van der Waals surface area (Å²) in [7, 11) is 3.85. The molecule has 2 N–H and O–H groups in total. The summed E-state index contributed by atoms with van der Waals surface area (Å²) in [5.41, 5.74) is 3.63. The van der Waals surface area contributed by atoms with Gasteiger partial charge in [0, 0.05) is 30.7 Å². The van der Waals surface area contributed by atoms with Crippen LogP contribution in [0.2, 0.25) is 0 Å². The molecule has 1 unspecified atom stereocenters. The van der Waals surface area contributed by atoms with Gasteiger partial charge in [0.15, 0.2) is 0 Å². The quantitative estimate of drug-likeness (QED) is 0.895. The molecule has 1 fully saturated rings. The van der Waals surface area contributed by atoms with E-state index in [9.17, 15) is 4.79 Å². The van der Waals surface area contributed by atoms with Crippen molar-refractivity contribution in [3.8, 4) is 0 Å². The Labute approximate surface area is 119 Å². The molecule has 1 aromatic heterocycles. The average molecular weight is 271 g/mol. The summed E-state index contributed by atoms with van der Waals surface area (Å²) >= 11 is 0. The second kappa shape index (κ2) is 5.29. The van der Waals surface area contributed by atoms with E-state index >= 15 is 0 Å². The molecule has 106 valence electrons. The van der Waals surface area contributed by atoms with Gasteiger partial charge in [0.1, 0.15) is 0 Å². The van der Waals surface area contributed by atoms with Crippen molar-refractivity contribution in [1.29, 1.82) is 0 Å². The number of amides is 1. The average Bonchev–Trinajstić information content (AvgIpc) is 3.04. The van der Waals surface area contributed by atoms with Crippen LogP contribution in [0.5, 0.6) is 0 Å². The number of hydrogen-bond acceptors (Lipinski definition) is 2. The van der Waals surface area contributed by atoms with Crippen molar-refractivity contribution in [2.24, 2.45) is 0 Å². The number of aromatic amines is 1. The highest BCUT2D eigenvalue weighted by atomic mass is 16.1. The van der Waals surface area contributed by atoms with E-state index in [0.29, 0.717) is 12.3 Å². The number of rotatable bonds is 3. The van der Waals surface area contributed by atoms with Gasteiger partial charge in [-0.3, -0.25) is 4.79 Å². The highest BCUT2D eigenvalue weighted by Gasteiger charge is 2.23. The Morgan fingerprint density at radius 1 is 1.50 bits per heavy atom. The number of aromatic nitrogens is 1. The molecule has 3 rings (SSSR count). The minimum atomic E-state index is 0.0574. The van der Waals surface area contributed by atoms with Gasteiger partial charge in [-0.05, 0) is 49.2 Å². The van der Waals surface area contributed by atoms with E-state index < -0.39 is 0 Å². The number of carbonyl (C=O) groups excluding carboxylic acids is 1. The van der Waals surface area contributed by atoms with Crippen LogP contribution in [0.1, 0.15) is 23.5 Å². The molecule has 1 aliphatic heterocycles. The molecule has 1 saturated heterocycles. The van der Waals surface area contributed by atoms with Gasteiger partial charge in [0.2, 0.25) is 5.91 Å². The summed E-state index contributed by atoms with van der Waals surface area (Å²) in [6, 6.07) is 6.27. The molecule has 1 aromatic carbocycles. The minimum absolute atomic E-state index is 0.0574. The Balaban J connectivity index is 1.93. The summed E-state index contributed by atoms with van der Waals surface area (Å²) in [6.45, 7) is 2.28. The number of hydrogen-bond donors (Lipinski definition) is 2. The van der Waals surface area contributed by atoms with Gasteiger partial charge >= 0.3 is 0 Å². The van der Waals surface area contributed by atoms with Crippen LogP contribution < -0.4 is 5.32 Å². The molecule has 20 heavy (non-hydrogen) atoms. The molecule has 0 radical (unpaired) electrons. The van der Waals surface area contributed by atoms with Crippen LogP contribution in [0.4, 0.5) is 0 Å². The molecule has 4 heteroatoms. The molecule has 1 aliphatic rings.